The van der Waals surface area contributed by atoms with Crippen LogP contribution in [0.4, 0.5) is 4.79 Å². The zero-order valence-corrected chi connectivity index (χ0v) is 29.0. The van der Waals surface area contributed by atoms with Crippen LogP contribution in [-0.2, 0) is 25.5 Å². The average molecular weight is 658 g/mol. The highest BCUT2D eigenvalue weighted by Crippen LogP contribution is 2.32. The zero-order chi connectivity index (χ0) is 34.6. The van der Waals surface area contributed by atoms with Gasteiger partial charge in [0, 0.05) is 39.0 Å². The van der Waals surface area contributed by atoms with Crippen LogP contribution < -0.4 is 20.1 Å². The molecule has 13 nitrogen and oxygen atoms in total. The minimum atomic E-state index is -1.03. The molecule has 0 heterocycles. The molecule has 0 bridgehead atoms. The van der Waals surface area contributed by atoms with Crippen molar-refractivity contribution in [3.63, 3.8) is 0 Å². The number of carbonyl (C=O) groups is 2. The van der Waals surface area contributed by atoms with E-state index in [0.29, 0.717) is 44.1 Å². The van der Waals surface area contributed by atoms with Gasteiger partial charge in [-0.05, 0) is 60.6 Å². The zero-order valence-electron chi connectivity index (χ0n) is 29.0. The Balaban J connectivity index is 3.16. The largest absolute Gasteiger partial charge is 0.493 e. The second-order valence-corrected chi connectivity index (χ2v) is 12.7. The van der Waals surface area contributed by atoms with Crippen LogP contribution >= 0.6 is 0 Å². The lowest BCUT2D eigenvalue weighted by Crippen LogP contribution is -2.48. The second kappa shape index (κ2) is 22.8. The number of alkyl carbamates (subject to hydrolysis) is 1. The minimum absolute atomic E-state index is 0.0328. The summed E-state index contributed by atoms with van der Waals surface area (Å²) in [5.74, 6) is 1.17. The molecule has 0 fully saturated rings. The molecule has 2 amide bonds. The topological polar surface area (TPSA) is 168 Å². The first kappa shape index (κ1) is 41.3. The quantitative estimate of drug-likeness (QED) is 0.0778. The first-order valence-corrected chi connectivity index (χ1v) is 16.3. The average Bonchev–Trinajstić information content (AvgIpc) is 2.99. The van der Waals surface area contributed by atoms with E-state index in [1.807, 2.05) is 45.9 Å². The number of hydrogen-bond donors (Lipinski definition) is 5. The molecule has 13 heteroatoms. The summed E-state index contributed by atoms with van der Waals surface area (Å²) in [7, 11) is 3.24. The number of aliphatic hydroxyl groups excluding tert-OH is 1. The number of benzene rings is 1. The summed E-state index contributed by atoms with van der Waals surface area (Å²) in [6.45, 7) is 13.6. The lowest BCUT2D eigenvalue weighted by atomic mass is 9.80. The van der Waals surface area contributed by atoms with E-state index in [2.05, 4.69) is 29.3 Å². The van der Waals surface area contributed by atoms with Gasteiger partial charge in [-0.3, -0.25) is 20.0 Å². The highest BCUT2D eigenvalue weighted by atomic mass is 17.1. The minimum Gasteiger partial charge on any atom is -0.493 e. The summed E-state index contributed by atoms with van der Waals surface area (Å²) in [6.07, 6.45) is 0.438. The van der Waals surface area contributed by atoms with Crippen molar-refractivity contribution in [2.75, 3.05) is 47.2 Å². The van der Waals surface area contributed by atoms with Crippen molar-refractivity contribution in [1.82, 2.24) is 16.0 Å². The third-order valence-corrected chi connectivity index (χ3v) is 7.79. The van der Waals surface area contributed by atoms with Crippen molar-refractivity contribution in [2.45, 2.75) is 85.8 Å². The van der Waals surface area contributed by atoms with E-state index in [0.717, 1.165) is 12.0 Å². The summed E-state index contributed by atoms with van der Waals surface area (Å²) in [5.41, 5.74) is 1.02. The van der Waals surface area contributed by atoms with Gasteiger partial charge in [0.2, 0.25) is 5.91 Å². The molecule has 0 aliphatic rings. The predicted molar refractivity (Wildman–Crippen MR) is 173 cm³/mol. The smallest absolute Gasteiger partial charge is 0.407 e. The second-order valence-electron chi connectivity index (χ2n) is 12.7. The number of ether oxygens (including phenoxy) is 4. The first-order valence-electron chi connectivity index (χ1n) is 16.3. The van der Waals surface area contributed by atoms with E-state index in [1.165, 1.54) is 0 Å². The predicted octanol–water partition coefficient (Wildman–Crippen LogP) is 4.61. The van der Waals surface area contributed by atoms with Gasteiger partial charge in [-0.2, -0.15) is 0 Å². The molecule has 4 unspecified atom stereocenters. The maximum absolute atomic E-state index is 13.1. The van der Waals surface area contributed by atoms with Gasteiger partial charge in [0.05, 0.1) is 44.5 Å². The molecular formula is C33H59N3O10. The number of rotatable bonds is 24. The summed E-state index contributed by atoms with van der Waals surface area (Å²) in [4.78, 5) is 30.4. The van der Waals surface area contributed by atoms with Crippen molar-refractivity contribution in [2.24, 2.45) is 29.6 Å². The fourth-order valence-electron chi connectivity index (χ4n) is 4.98. The van der Waals surface area contributed by atoms with Crippen molar-refractivity contribution in [3.05, 3.63) is 23.8 Å². The van der Waals surface area contributed by atoms with Gasteiger partial charge in [-0.1, -0.05) is 47.6 Å². The Labute approximate surface area is 274 Å². The molecule has 0 saturated heterocycles. The summed E-state index contributed by atoms with van der Waals surface area (Å²) >= 11 is 0. The molecule has 0 spiro atoms. The van der Waals surface area contributed by atoms with E-state index in [1.54, 1.807) is 14.2 Å². The Hall–Kier alpha value is -2.68. The van der Waals surface area contributed by atoms with Crippen molar-refractivity contribution < 1.29 is 48.9 Å². The lowest BCUT2D eigenvalue weighted by molar-refractivity contribution is -0.492. The molecule has 4 atom stereocenters. The number of hydrogen-bond acceptors (Lipinski definition) is 11. The van der Waals surface area contributed by atoms with Crippen LogP contribution in [0.1, 0.15) is 72.8 Å². The molecule has 0 saturated carbocycles. The fourth-order valence-corrected chi connectivity index (χ4v) is 4.98. The summed E-state index contributed by atoms with van der Waals surface area (Å²) in [5, 5.41) is 34.3. The van der Waals surface area contributed by atoms with Gasteiger partial charge in [0.15, 0.2) is 11.5 Å². The van der Waals surface area contributed by atoms with Gasteiger partial charge < -0.3 is 34.7 Å². The maximum atomic E-state index is 13.1. The molecule has 0 aliphatic carbocycles. The first-order chi connectivity index (χ1) is 21.8. The SMILES string of the molecule is COCCCOc1cc(CC(CC(NC(=O)OCCCON(O)O)C(O)CC(C(=O)NCC(C)C)C(C)C)C(C)C)ccc1OC. The Morgan fingerprint density at radius 3 is 2.17 bits per heavy atom. The molecular weight excluding hydrogens is 598 g/mol. The molecule has 5 N–H and O–H groups in total. The van der Waals surface area contributed by atoms with Crippen LogP contribution in [0.15, 0.2) is 18.2 Å². The summed E-state index contributed by atoms with van der Waals surface area (Å²) < 4.78 is 21.9. The Morgan fingerprint density at radius 2 is 1.59 bits per heavy atom. The Bertz CT molecular complexity index is 992. The highest BCUT2D eigenvalue weighted by Gasteiger charge is 2.32. The van der Waals surface area contributed by atoms with Gasteiger partial charge in [0.1, 0.15) is 0 Å². The number of methoxy groups -OCH3 is 2. The number of aliphatic hydroxyl groups is 1. The van der Waals surface area contributed by atoms with E-state index >= 15 is 0 Å². The van der Waals surface area contributed by atoms with Crippen LogP contribution in [0, 0.1) is 29.6 Å². The van der Waals surface area contributed by atoms with Crippen molar-refractivity contribution >= 4 is 12.0 Å². The van der Waals surface area contributed by atoms with Gasteiger partial charge in [0.25, 0.3) is 0 Å². The molecule has 266 valence electrons. The van der Waals surface area contributed by atoms with E-state index in [9.17, 15) is 14.7 Å². The van der Waals surface area contributed by atoms with E-state index in [4.69, 9.17) is 29.4 Å². The molecule has 1 aromatic rings. The van der Waals surface area contributed by atoms with Crippen molar-refractivity contribution in [3.8, 4) is 11.5 Å². The highest BCUT2D eigenvalue weighted by molar-refractivity contribution is 5.79. The molecule has 1 rings (SSSR count). The van der Waals surface area contributed by atoms with Crippen molar-refractivity contribution in [1.29, 1.82) is 0 Å². The van der Waals surface area contributed by atoms with Crippen LogP contribution in [0.5, 0.6) is 11.5 Å². The fraction of sp³-hybridized carbons (Fsp3) is 0.758. The molecule has 0 aromatic heterocycles. The van der Waals surface area contributed by atoms with Crippen LogP contribution in [-0.4, -0.2) is 92.2 Å². The maximum Gasteiger partial charge on any atom is 0.407 e. The van der Waals surface area contributed by atoms with Gasteiger partial charge in [-0.15, -0.1) is 0 Å². The third-order valence-electron chi connectivity index (χ3n) is 7.79. The third kappa shape index (κ3) is 16.8. The number of nitrogens with zero attached hydrogens (tertiary/aromatic N) is 1. The molecule has 0 radical (unpaired) electrons. The molecule has 0 aliphatic heterocycles. The normalized spacial score (nSPS) is 14.3. The molecule has 1 aromatic carbocycles. The van der Waals surface area contributed by atoms with Gasteiger partial charge >= 0.3 is 6.09 Å². The molecule has 46 heavy (non-hydrogen) atoms. The van der Waals surface area contributed by atoms with E-state index < -0.39 is 29.5 Å². The van der Waals surface area contributed by atoms with Crippen LogP contribution in [0.2, 0.25) is 0 Å². The summed E-state index contributed by atoms with van der Waals surface area (Å²) in [6, 6.07) is 5.12. The Kier molecular flexibility index (Phi) is 20.5. The van der Waals surface area contributed by atoms with Gasteiger partial charge in [-0.25, -0.2) is 4.79 Å². The number of carbonyl (C=O) groups excluding carboxylic acids is 2. The van der Waals surface area contributed by atoms with Crippen LogP contribution in [0.3, 0.4) is 0 Å². The standard InChI is InChI=1S/C33H59N3O10/c1-22(2)21-34-32(38)27(24(5)6)20-29(37)28(35-33(39)45-15-10-16-46-36(40)41)19-26(23(3)4)17-25-11-12-30(43-8)31(18-25)44-14-9-13-42-7/h11-12,18,22-24,26-29,37,40-41H,9-10,13-17,19-21H2,1-8H3,(H,34,38)(H,35,39). The Morgan fingerprint density at radius 1 is 0.891 bits per heavy atom. The monoisotopic (exact) mass is 657 g/mol. The number of amides is 2. The van der Waals surface area contributed by atoms with E-state index in [-0.39, 0.29) is 55.6 Å². The number of nitrogens with one attached hydrogen (secondary N) is 2. The van der Waals surface area contributed by atoms with Crippen LogP contribution in [0.25, 0.3) is 0 Å². The lowest BCUT2D eigenvalue weighted by Gasteiger charge is -2.32.